The zero-order valence-corrected chi connectivity index (χ0v) is 16.0. The number of benzene rings is 1. The fourth-order valence-electron chi connectivity index (χ4n) is 2.94. The van der Waals surface area contributed by atoms with Gasteiger partial charge < -0.3 is 10.2 Å². The maximum absolute atomic E-state index is 12.6. The van der Waals surface area contributed by atoms with Gasteiger partial charge in [-0.2, -0.15) is 5.10 Å². The predicted octanol–water partition coefficient (Wildman–Crippen LogP) is 2.85. The van der Waals surface area contributed by atoms with Gasteiger partial charge in [0.05, 0.1) is 11.9 Å². The summed E-state index contributed by atoms with van der Waals surface area (Å²) in [5.41, 5.74) is 2.43. The molecule has 1 atom stereocenters. The summed E-state index contributed by atoms with van der Waals surface area (Å²) in [6, 6.07) is 10.2. The second-order valence-corrected chi connectivity index (χ2v) is 7.01. The van der Waals surface area contributed by atoms with Gasteiger partial charge in [0.25, 0.3) is 5.91 Å². The van der Waals surface area contributed by atoms with Crippen molar-refractivity contribution in [2.24, 2.45) is 0 Å². The van der Waals surface area contributed by atoms with Crippen molar-refractivity contribution >= 4 is 29.7 Å². The highest BCUT2D eigenvalue weighted by Gasteiger charge is 2.23. The van der Waals surface area contributed by atoms with Crippen LogP contribution in [0.5, 0.6) is 0 Å². The smallest absolute Gasteiger partial charge is 0.273 e. The van der Waals surface area contributed by atoms with Crippen LogP contribution in [0.3, 0.4) is 0 Å². The number of nitrogens with one attached hydrogen (secondary N) is 1. The van der Waals surface area contributed by atoms with Crippen LogP contribution < -0.4 is 5.32 Å². The lowest BCUT2D eigenvalue weighted by Gasteiger charge is -2.31. The number of amides is 1. The number of hydrogen-bond donors (Lipinski definition) is 1. The fraction of sp³-hybridized carbons (Fsp3) is 0.278. The summed E-state index contributed by atoms with van der Waals surface area (Å²) < 4.78 is 1.82. The van der Waals surface area contributed by atoms with Crippen LogP contribution in [-0.2, 0) is 0 Å². The Hall–Kier alpha value is -2.22. The minimum atomic E-state index is 0. The molecule has 136 valence electrons. The molecule has 1 saturated heterocycles. The number of thiazole rings is 1. The minimum Gasteiger partial charge on any atom is -0.334 e. The lowest BCUT2D eigenvalue weighted by Crippen LogP contribution is -2.51. The molecule has 2 aromatic heterocycles. The Morgan fingerprint density at radius 3 is 2.88 bits per heavy atom. The Kier molecular flexibility index (Phi) is 5.70. The van der Waals surface area contributed by atoms with Crippen molar-refractivity contribution in [3.63, 3.8) is 0 Å². The highest BCUT2D eigenvalue weighted by Crippen LogP contribution is 2.25. The fourth-order valence-corrected chi connectivity index (χ4v) is 3.71. The molecule has 0 bridgehead atoms. The third-order valence-electron chi connectivity index (χ3n) is 4.23. The quantitative estimate of drug-likeness (QED) is 0.748. The first-order valence-corrected chi connectivity index (χ1v) is 9.17. The number of carbonyl (C=O) groups is 1. The Balaban J connectivity index is 0.00000196. The average molecular weight is 390 g/mol. The average Bonchev–Trinajstić information content (AvgIpc) is 3.31. The molecular weight excluding hydrogens is 370 g/mol. The molecule has 1 unspecified atom stereocenters. The van der Waals surface area contributed by atoms with Crippen molar-refractivity contribution < 1.29 is 4.79 Å². The highest BCUT2D eigenvalue weighted by atomic mass is 35.5. The van der Waals surface area contributed by atoms with Gasteiger partial charge in [-0.15, -0.1) is 23.7 Å². The zero-order valence-electron chi connectivity index (χ0n) is 14.3. The van der Waals surface area contributed by atoms with Crippen LogP contribution in [0.1, 0.15) is 17.4 Å². The van der Waals surface area contributed by atoms with Crippen molar-refractivity contribution in [2.45, 2.75) is 13.0 Å². The summed E-state index contributed by atoms with van der Waals surface area (Å²) in [4.78, 5) is 19.0. The SMILES string of the molecule is CC1CN(C(=O)c2csc(-c3cnn(-c4ccccc4)c3)n2)CCN1.Cl. The van der Waals surface area contributed by atoms with Gasteiger partial charge in [0.1, 0.15) is 10.7 Å². The van der Waals surface area contributed by atoms with Crippen LogP contribution in [-0.4, -0.2) is 51.2 Å². The van der Waals surface area contributed by atoms with Gasteiger partial charge in [-0.3, -0.25) is 4.79 Å². The number of carbonyl (C=O) groups excluding carboxylic acids is 1. The first-order chi connectivity index (χ1) is 12.2. The van der Waals surface area contributed by atoms with Crippen LogP contribution in [0.4, 0.5) is 0 Å². The Morgan fingerprint density at radius 2 is 2.12 bits per heavy atom. The molecule has 1 aromatic carbocycles. The van der Waals surface area contributed by atoms with Crippen LogP contribution in [0.2, 0.25) is 0 Å². The molecule has 26 heavy (non-hydrogen) atoms. The molecule has 1 amide bonds. The second-order valence-electron chi connectivity index (χ2n) is 6.15. The van der Waals surface area contributed by atoms with Crippen LogP contribution in [0.15, 0.2) is 48.1 Å². The maximum atomic E-state index is 12.6. The van der Waals surface area contributed by atoms with Crippen molar-refractivity contribution in [3.05, 3.63) is 53.8 Å². The molecule has 1 aliphatic heterocycles. The monoisotopic (exact) mass is 389 g/mol. The van der Waals surface area contributed by atoms with E-state index in [1.54, 1.807) is 6.20 Å². The first kappa shape index (κ1) is 18.6. The molecular formula is C18H20ClN5OS. The van der Waals surface area contributed by atoms with Crippen molar-refractivity contribution in [1.29, 1.82) is 0 Å². The molecule has 8 heteroatoms. The Bertz CT molecular complexity index is 879. The van der Waals surface area contributed by atoms with Gasteiger partial charge in [0, 0.05) is 42.8 Å². The molecule has 6 nitrogen and oxygen atoms in total. The van der Waals surface area contributed by atoms with E-state index >= 15 is 0 Å². The molecule has 3 heterocycles. The van der Waals surface area contributed by atoms with Crippen molar-refractivity contribution in [2.75, 3.05) is 19.6 Å². The number of hydrogen-bond acceptors (Lipinski definition) is 5. The predicted molar refractivity (Wildman–Crippen MR) is 105 cm³/mol. The summed E-state index contributed by atoms with van der Waals surface area (Å²) in [5, 5.41) is 10.4. The van der Waals surface area contributed by atoms with Crippen molar-refractivity contribution in [3.8, 4) is 16.3 Å². The van der Waals surface area contributed by atoms with E-state index in [-0.39, 0.29) is 18.3 Å². The van der Waals surface area contributed by atoms with Crippen LogP contribution >= 0.6 is 23.7 Å². The highest BCUT2D eigenvalue weighted by molar-refractivity contribution is 7.13. The third-order valence-corrected chi connectivity index (χ3v) is 5.12. The minimum absolute atomic E-state index is 0. The second kappa shape index (κ2) is 7.99. The van der Waals surface area contributed by atoms with Crippen molar-refractivity contribution in [1.82, 2.24) is 25.0 Å². The van der Waals surface area contributed by atoms with Gasteiger partial charge in [-0.05, 0) is 19.1 Å². The van der Waals surface area contributed by atoms with E-state index in [1.807, 2.05) is 51.5 Å². The van der Waals surface area contributed by atoms with Gasteiger partial charge >= 0.3 is 0 Å². The van der Waals surface area contributed by atoms with Gasteiger partial charge in [0.2, 0.25) is 0 Å². The molecule has 1 aliphatic rings. The zero-order chi connectivity index (χ0) is 17.2. The summed E-state index contributed by atoms with van der Waals surface area (Å²) in [7, 11) is 0. The van der Waals surface area contributed by atoms with Gasteiger partial charge in [-0.1, -0.05) is 18.2 Å². The molecule has 0 spiro atoms. The lowest BCUT2D eigenvalue weighted by molar-refractivity contribution is 0.0704. The van der Waals surface area contributed by atoms with Crippen LogP contribution in [0, 0.1) is 0 Å². The molecule has 0 saturated carbocycles. The van der Waals surface area contributed by atoms with Gasteiger partial charge in [0.15, 0.2) is 0 Å². The van der Waals surface area contributed by atoms with E-state index in [2.05, 4.69) is 22.3 Å². The van der Waals surface area contributed by atoms with E-state index in [0.717, 1.165) is 35.9 Å². The molecule has 0 radical (unpaired) electrons. The Morgan fingerprint density at radius 1 is 1.31 bits per heavy atom. The molecule has 3 aromatic rings. The summed E-state index contributed by atoms with van der Waals surface area (Å²) in [6.07, 6.45) is 3.72. The van der Waals surface area contributed by atoms with E-state index < -0.39 is 0 Å². The number of nitrogens with zero attached hydrogens (tertiary/aromatic N) is 4. The lowest BCUT2D eigenvalue weighted by atomic mass is 10.2. The number of halogens is 1. The summed E-state index contributed by atoms with van der Waals surface area (Å²) >= 11 is 1.48. The number of para-hydroxylation sites is 1. The Labute approximate surface area is 162 Å². The van der Waals surface area contributed by atoms with E-state index in [9.17, 15) is 4.79 Å². The summed E-state index contributed by atoms with van der Waals surface area (Å²) in [5.74, 6) is 0.00583. The van der Waals surface area contributed by atoms with E-state index in [4.69, 9.17) is 0 Å². The summed E-state index contributed by atoms with van der Waals surface area (Å²) in [6.45, 7) is 4.36. The third kappa shape index (κ3) is 3.80. The molecule has 4 rings (SSSR count). The first-order valence-electron chi connectivity index (χ1n) is 8.29. The topological polar surface area (TPSA) is 63.1 Å². The van der Waals surface area contributed by atoms with Crippen LogP contribution in [0.25, 0.3) is 16.3 Å². The molecule has 1 N–H and O–H groups in total. The number of rotatable bonds is 3. The molecule has 0 aliphatic carbocycles. The van der Waals surface area contributed by atoms with Gasteiger partial charge in [-0.25, -0.2) is 9.67 Å². The number of piperazine rings is 1. The maximum Gasteiger partial charge on any atom is 0.273 e. The van der Waals surface area contributed by atoms with E-state index in [0.29, 0.717) is 11.7 Å². The van der Waals surface area contributed by atoms with E-state index in [1.165, 1.54) is 11.3 Å². The standard InChI is InChI=1S/C18H19N5OS.ClH/c1-13-10-22(8-7-19-13)18(24)16-12-25-17(21-16)14-9-20-23(11-14)15-5-3-2-4-6-15;/h2-6,9,11-13,19H,7-8,10H2,1H3;1H. The number of aromatic nitrogens is 3. The normalized spacial score (nSPS) is 17.0. The largest absolute Gasteiger partial charge is 0.334 e. The molecule has 1 fully saturated rings.